The summed E-state index contributed by atoms with van der Waals surface area (Å²) >= 11 is 6.20. The van der Waals surface area contributed by atoms with E-state index >= 15 is 0 Å². The van der Waals surface area contributed by atoms with Crippen molar-refractivity contribution < 1.29 is 4.79 Å². The lowest BCUT2D eigenvalue weighted by Gasteiger charge is -2.28. The molecule has 3 nitrogen and oxygen atoms in total. The van der Waals surface area contributed by atoms with Crippen LogP contribution >= 0.6 is 11.6 Å². The van der Waals surface area contributed by atoms with Crippen LogP contribution in [0.1, 0.15) is 33.3 Å². The summed E-state index contributed by atoms with van der Waals surface area (Å²) in [5.74, 6) is -0.211. The maximum atomic E-state index is 11.9. The summed E-state index contributed by atoms with van der Waals surface area (Å²) in [5.41, 5.74) is 6.55. The number of hydrogen-bond donors (Lipinski definition) is 2. The van der Waals surface area contributed by atoms with Crippen LogP contribution in [0.4, 0.5) is 0 Å². The second-order valence-corrected chi connectivity index (χ2v) is 6.14. The van der Waals surface area contributed by atoms with Crippen LogP contribution in [-0.4, -0.2) is 18.5 Å². The molecule has 0 heterocycles. The Hall–Kier alpha value is -1.06. The maximum Gasteiger partial charge on any atom is 0.224 e. The normalized spacial score (nSPS) is 14.8. The Labute approximate surface area is 120 Å². The van der Waals surface area contributed by atoms with Crippen molar-refractivity contribution in [2.45, 2.75) is 39.2 Å². The Balaban J connectivity index is 2.71. The van der Waals surface area contributed by atoms with E-state index in [1.807, 2.05) is 38.1 Å². The zero-order valence-electron chi connectivity index (χ0n) is 12.0. The molecule has 0 radical (unpaired) electrons. The Morgan fingerprint density at radius 1 is 1.37 bits per heavy atom. The maximum absolute atomic E-state index is 11.9. The Kier molecular flexibility index (Phi) is 5.39. The van der Waals surface area contributed by atoms with Gasteiger partial charge in [-0.15, -0.1) is 0 Å². The quantitative estimate of drug-likeness (QED) is 0.872. The number of amides is 1. The van der Waals surface area contributed by atoms with E-state index in [1.54, 1.807) is 0 Å². The molecule has 2 unspecified atom stereocenters. The van der Waals surface area contributed by atoms with E-state index < -0.39 is 0 Å². The minimum Gasteiger partial charge on any atom is -0.355 e. The highest BCUT2D eigenvalue weighted by Gasteiger charge is 2.25. The van der Waals surface area contributed by atoms with Gasteiger partial charge in [-0.3, -0.25) is 4.79 Å². The molecular weight excluding hydrogens is 260 g/mol. The number of benzene rings is 1. The average molecular weight is 283 g/mol. The van der Waals surface area contributed by atoms with Crippen molar-refractivity contribution in [1.29, 1.82) is 0 Å². The molecule has 0 aromatic heterocycles. The fourth-order valence-corrected chi connectivity index (χ4v) is 2.20. The van der Waals surface area contributed by atoms with Gasteiger partial charge >= 0.3 is 0 Å². The van der Waals surface area contributed by atoms with Crippen molar-refractivity contribution in [3.63, 3.8) is 0 Å². The largest absolute Gasteiger partial charge is 0.355 e. The highest BCUT2D eigenvalue weighted by atomic mass is 35.5. The second-order valence-electron chi connectivity index (χ2n) is 5.73. The van der Waals surface area contributed by atoms with Crippen molar-refractivity contribution in [2.75, 3.05) is 6.54 Å². The van der Waals surface area contributed by atoms with Gasteiger partial charge in [0.1, 0.15) is 0 Å². The third kappa shape index (κ3) is 4.22. The molecular formula is C15H23ClN2O. The summed E-state index contributed by atoms with van der Waals surface area (Å²) < 4.78 is 0. The van der Waals surface area contributed by atoms with E-state index in [1.165, 1.54) is 0 Å². The highest BCUT2D eigenvalue weighted by Crippen LogP contribution is 2.29. The SMILES string of the molecule is CC(N)C(C)C(=O)NCC(C)(C)c1ccccc1Cl. The van der Waals surface area contributed by atoms with E-state index in [2.05, 4.69) is 19.2 Å². The van der Waals surface area contributed by atoms with Gasteiger partial charge in [0.05, 0.1) is 0 Å². The molecule has 3 N–H and O–H groups in total. The zero-order chi connectivity index (χ0) is 14.6. The average Bonchev–Trinajstić information content (AvgIpc) is 2.35. The number of halogens is 1. The number of nitrogens with one attached hydrogen (secondary N) is 1. The van der Waals surface area contributed by atoms with E-state index in [4.69, 9.17) is 17.3 Å². The van der Waals surface area contributed by atoms with Crippen molar-refractivity contribution in [1.82, 2.24) is 5.32 Å². The molecule has 4 heteroatoms. The summed E-state index contributed by atoms with van der Waals surface area (Å²) in [6, 6.07) is 7.56. The molecule has 19 heavy (non-hydrogen) atoms. The standard InChI is InChI=1S/C15H23ClN2O/c1-10(11(2)17)14(19)18-9-15(3,4)12-7-5-6-8-13(12)16/h5-8,10-11H,9,17H2,1-4H3,(H,18,19). The molecule has 0 bridgehead atoms. The summed E-state index contributed by atoms with van der Waals surface area (Å²) in [6.07, 6.45) is 0. The Morgan fingerprint density at radius 3 is 2.47 bits per heavy atom. The summed E-state index contributed by atoms with van der Waals surface area (Å²) in [4.78, 5) is 11.9. The van der Waals surface area contributed by atoms with Crippen molar-refractivity contribution in [3.05, 3.63) is 34.9 Å². The first kappa shape index (κ1) is 16.0. The van der Waals surface area contributed by atoms with Gasteiger partial charge in [-0.25, -0.2) is 0 Å². The summed E-state index contributed by atoms with van der Waals surface area (Å²) in [5, 5.41) is 3.68. The summed E-state index contributed by atoms with van der Waals surface area (Å²) in [6.45, 7) is 8.33. The number of rotatable bonds is 5. The minimum atomic E-state index is -0.217. The first-order valence-electron chi connectivity index (χ1n) is 6.54. The number of carbonyl (C=O) groups excluding carboxylic acids is 1. The fraction of sp³-hybridized carbons (Fsp3) is 0.533. The smallest absolute Gasteiger partial charge is 0.224 e. The van der Waals surface area contributed by atoms with Crippen LogP contribution in [0.3, 0.4) is 0 Å². The van der Waals surface area contributed by atoms with Crippen LogP contribution in [0.5, 0.6) is 0 Å². The van der Waals surface area contributed by atoms with Crippen LogP contribution in [0.25, 0.3) is 0 Å². The monoisotopic (exact) mass is 282 g/mol. The van der Waals surface area contributed by atoms with Gasteiger partial charge in [0.25, 0.3) is 0 Å². The molecule has 1 amide bonds. The van der Waals surface area contributed by atoms with Crippen LogP contribution in [0, 0.1) is 5.92 Å². The third-order valence-corrected chi connectivity index (χ3v) is 3.84. The lowest BCUT2D eigenvalue weighted by molar-refractivity contribution is -0.125. The Morgan fingerprint density at radius 2 is 1.95 bits per heavy atom. The first-order chi connectivity index (χ1) is 8.75. The van der Waals surface area contributed by atoms with Gasteiger partial charge in [-0.1, -0.05) is 50.6 Å². The number of hydrogen-bond acceptors (Lipinski definition) is 2. The van der Waals surface area contributed by atoms with Crippen LogP contribution in [-0.2, 0) is 10.2 Å². The molecule has 1 aromatic carbocycles. The molecule has 1 aromatic rings. The van der Waals surface area contributed by atoms with Crippen LogP contribution in [0.2, 0.25) is 5.02 Å². The second kappa shape index (κ2) is 6.40. The van der Waals surface area contributed by atoms with Crippen molar-refractivity contribution in [2.24, 2.45) is 11.7 Å². The molecule has 0 fully saturated rings. The first-order valence-corrected chi connectivity index (χ1v) is 6.92. The van der Waals surface area contributed by atoms with Gasteiger partial charge in [-0.2, -0.15) is 0 Å². The molecule has 0 aliphatic heterocycles. The zero-order valence-corrected chi connectivity index (χ0v) is 12.8. The molecule has 2 atom stereocenters. The topological polar surface area (TPSA) is 55.1 Å². The van der Waals surface area contributed by atoms with Crippen LogP contribution < -0.4 is 11.1 Å². The van der Waals surface area contributed by atoms with Gasteiger partial charge < -0.3 is 11.1 Å². The number of carbonyl (C=O) groups is 1. The van der Waals surface area contributed by atoms with Crippen molar-refractivity contribution in [3.8, 4) is 0 Å². The molecule has 106 valence electrons. The lowest BCUT2D eigenvalue weighted by atomic mass is 9.84. The predicted molar refractivity (Wildman–Crippen MR) is 80.3 cm³/mol. The molecule has 0 aliphatic rings. The predicted octanol–water partition coefficient (Wildman–Crippen LogP) is 2.72. The molecule has 0 saturated carbocycles. The number of nitrogens with two attached hydrogens (primary N) is 1. The molecule has 1 rings (SSSR count). The van der Waals surface area contributed by atoms with E-state index in [-0.39, 0.29) is 23.3 Å². The van der Waals surface area contributed by atoms with Crippen LogP contribution in [0.15, 0.2) is 24.3 Å². The highest BCUT2D eigenvalue weighted by molar-refractivity contribution is 6.31. The fourth-order valence-electron chi connectivity index (χ4n) is 1.81. The van der Waals surface area contributed by atoms with Gasteiger partial charge in [0, 0.05) is 28.9 Å². The molecule has 0 spiro atoms. The summed E-state index contributed by atoms with van der Waals surface area (Å²) in [7, 11) is 0. The Bertz CT molecular complexity index is 444. The van der Waals surface area contributed by atoms with E-state index in [0.29, 0.717) is 6.54 Å². The third-order valence-electron chi connectivity index (χ3n) is 3.51. The van der Waals surface area contributed by atoms with E-state index in [9.17, 15) is 4.79 Å². The molecule has 0 saturated heterocycles. The molecule has 0 aliphatic carbocycles. The lowest BCUT2D eigenvalue weighted by Crippen LogP contribution is -2.43. The van der Waals surface area contributed by atoms with Gasteiger partial charge in [-0.05, 0) is 18.6 Å². The minimum absolute atomic E-state index is 0.0184. The van der Waals surface area contributed by atoms with Crippen molar-refractivity contribution >= 4 is 17.5 Å². The van der Waals surface area contributed by atoms with E-state index in [0.717, 1.165) is 10.6 Å². The van der Waals surface area contributed by atoms with Gasteiger partial charge in [0.15, 0.2) is 0 Å². The van der Waals surface area contributed by atoms with Gasteiger partial charge in [0.2, 0.25) is 5.91 Å².